The van der Waals surface area contributed by atoms with Gasteiger partial charge in [0.15, 0.2) is 0 Å². The lowest BCUT2D eigenvalue weighted by atomic mass is 9.97. The Kier molecular flexibility index (Phi) is 1.84. The highest BCUT2D eigenvalue weighted by Crippen LogP contribution is 2.72. The summed E-state index contributed by atoms with van der Waals surface area (Å²) in [5.74, 6) is 0.987. The molecule has 0 aromatic heterocycles. The van der Waals surface area contributed by atoms with Crippen molar-refractivity contribution < 1.29 is 0 Å². The van der Waals surface area contributed by atoms with Crippen LogP contribution in [0.5, 0.6) is 0 Å². The summed E-state index contributed by atoms with van der Waals surface area (Å²) in [5.41, 5.74) is 3.86. The van der Waals surface area contributed by atoms with Gasteiger partial charge in [0.2, 0.25) is 0 Å². The molecule has 2 rings (SSSR count). The molecule has 0 spiro atoms. The van der Waals surface area contributed by atoms with E-state index in [1.165, 1.54) is 12.8 Å². The van der Waals surface area contributed by atoms with E-state index in [0.717, 1.165) is 17.2 Å². The van der Waals surface area contributed by atoms with Crippen LogP contribution in [0.4, 0.5) is 0 Å². The van der Waals surface area contributed by atoms with E-state index in [2.05, 4.69) is 26.6 Å². The summed E-state index contributed by atoms with van der Waals surface area (Å²) < 4.78 is 0. The highest BCUT2D eigenvalue weighted by Gasteiger charge is 2.53. The minimum absolute atomic E-state index is 0.438. The standard InChI is InChI=1S/C10H17P/c1-4-5-8-7(2)6-9-10(8)11(9)3/h6,8-10H,4-5H2,1-3H3/t8?,9?,10?,11-/m0/s1. The topological polar surface area (TPSA) is 0 Å². The average molecular weight is 168 g/mol. The number of hydrogen-bond donors (Lipinski definition) is 0. The van der Waals surface area contributed by atoms with Gasteiger partial charge in [0.25, 0.3) is 0 Å². The van der Waals surface area contributed by atoms with Crippen molar-refractivity contribution in [2.45, 2.75) is 38.0 Å². The van der Waals surface area contributed by atoms with E-state index in [1.807, 2.05) is 0 Å². The second-order valence-corrected chi connectivity index (χ2v) is 6.48. The normalized spacial score (nSPS) is 47.0. The van der Waals surface area contributed by atoms with Gasteiger partial charge in [-0.1, -0.05) is 32.9 Å². The summed E-state index contributed by atoms with van der Waals surface area (Å²) >= 11 is 0. The predicted octanol–water partition coefficient (Wildman–Crippen LogP) is 3.23. The van der Waals surface area contributed by atoms with Crippen LogP contribution >= 0.6 is 7.92 Å². The van der Waals surface area contributed by atoms with E-state index < -0.39 is 0 Å². The molecule has 62 valence electrons. The van der Waals surface area contributed by atoms with Crippen molar-refractivity contribution in [3.63, 3.8) is 0 Å². The lowest BCUT2D eigenvalue weighted by Crippen LogP contribution is -2.04. The number of allylic oxidation sites excluding steroid dienone is 2. The van der Waals surface area contributed by atoms with Gasteiger partial charge >= 0.3 is 0 Å². The third kappa shape index (κ3) is 1.07. The van der Waals surface area contributed by atoms with Gasteiger partial charge in [0, 0.05) is 5.66 Å². The molecule has 0 saturated carbocycles. The Morgan fingerprint density at radius 1 is 1.55 bits per heavy atom. The highest BCUT2D eigenvalue weighted by atomic mass is 31.1. The van der Waals surface area contributed by atoms with Crippen LogP contribution in [0.3, 0.4) is 0 Å². The fraction of sp³-hybridized carbons (Fsp3) is 0.800. The molecule has 1 heterocycles. The van der Waals surface area contributed by atoms with E-state index in [1.54, 1.807) is 5.57 Å². The maximum Gasteiger partial charge on any atom is 0.00470 e. The SMILES string of the molecule is CCCC1C(C)=CC2C1[P@@]2C. The molecule has 0 bridgehead atoms. The van der Waals surface area contributed by atoms with Crippen LogP contribution < -0.4 is 0 Å². The summed E-state index contributed by atoms with van der Waals surface area (Å²) in [6.45, 7) is 7.10. The van der Waals surface area contributed by atoms with Crippen molar-refractivity contribution in [2.24, 2.45) is 5.92 Å². The van der Waals surface area contributed by atoms with E-state index in [9.17, 15) is 0 Å². The van der Waals surface area contributed by atoms with Crippen molar-refractivity contribution in [2.75, 3.05) is 6.66 Å². The Hall–Kier alpha value is 0.170. The molecule has 0 nitrogen and oxygen atoms in total. The van der Waals surface area contributed by atoms with Gasteiger partial charge in [-0.2, -0.15) is 0 Å². The third-order valence-corrected chi connectivity index (χ3v) is 5.92. The van der Waals surface area contributed by atoms with Crippen molar-refractivity contribution in [3.05, 3.63) is 11.6 Å². The molecule has 0 aromatic carbocycles. The first-order valence-corrected chi connectivity index (χ1v) is 6.58. The molecule has 3 unspecified atom stereocenters. The van der Waals surface area contributed by atoms with Crippen LogP contribution in [0, 0.1) is 5.92 Å². The summed E-state index contributed by atoms with van der Waals surface area (Å²) in [5, 5.41) is 0. The molecule has 1 aliphatic heterocycles. The Morgan fingerprint density at radius 2 is 2.27 bits per heavy atom. The summed E-state index contributed by atoms with van der Waals surface area (Å²) in [4.78, 5) is 0. The molecular formula is C10H17P. The van der Waals surface area contributed by atoms with E-state index in [0.29, 0.717) is 7.92 Å². The molecular weight excluding hydrogens is 151 g/mol. The van der Waals surface area contributed by atoms with Crippen LogP contribution in [0.15, 0.2) is 11.6 Å². The van der Waals surface area contributed by atoms with Crippen molar-refractivity contribution in [1.82, 2.24) is 0 Å². The minimum atomic E-state index is 0.438. The van der Waals surface area contributed by atoms with Gasteiger partial charge in [-0.3, -0.25) is 0 Å². The second-order valence-electron chi connectivity index (χ2n) is 3.95. The Bertz CT molecular complexity index is 195. The maximum atomic E-state index is 2.55. The van der Waals surface area contributed by atoms with Gasteiger partial charge < -0.3 is 0 Å². The lowest BCUT2D eigenvalue weighted by molar-refractivity contribution is 0.581. The maximum absolute atomic E-state index is 2.55. The molecule has 0 amide bonds. The molecule has 4 atom stereocenters. The first kappa shape index (κ1) is 7.80. The van der Waals surface area contributed by atoms with E-state index >= 15 is 0 Å². The molecule has 0 N–H and O–H groups in total. The number of fused-ring (bicyclic) bond motifs is 1. The molecule has 11 heavy (non-hydrogen) atoms. The van der Waals surface area contributed by atoms with Gasteiger partial charge in [0.1, 0.15) is 0 Å². The van der Waals surface area contributed by atoms with Gasteiger partial charge in [-0.15, -0.1) is 0 Å². The van der Waals surface area contributed by atoms with E-state index in [-0.39, 0.29) is 0 Å². The molecule has 0 radical (unpaired) electrons. The quantitative estimate of drug-likeness (QED) is 0.438. The van der Waals surface area contributed by atoms with Crippen LogP contribution in [-0.4, -0.2) is 18.0 Å². The number of hydrogen-bond acceptors (Lipinski definition) is 0. The van der Waals surface area contributed by atoms with Crippen LogP contribution in [0.1, 0.15) is 26.7 Å². The van der Waals surface area contributed by atoms with Crippen LogP contribution in [-0.2, 0) is 0 Å². The zero-order valence-corrected chi connectivity index (χ0v) is 8.57. The third-order valence-electron chi connectivity index (χ3n) is 3.23. The fourth-order valence-corrected chi connectivity index (χ4v) is 5.39. The first-order valence-electron chi connectivity index (χ1n) is 4.66. The Labute approximate surface area is 70.8 Å². The number of rotatable bonds is 2. The Balaban J connectivity index is 2.05. The second kappa shape index (κ2) is 2.59. The van der Waals surface area contributed by atoms with Gasteiger partial charge in [-0.05, 0) is 31.6 Å². The Morgan fingerprint density at radius 3 is 2.82 bits per heavy atom. The molecule has 1 heteroatoms. The average Bonchev–Trinajstić information content (AvgIpc) is 2.40. The fourth-order valence-electron chi connectivity index (χ4n) is 2.50. The van der Waals surface area contributed by atoms with Crippen molar-refractivity contribution >= 4 is 7.92 Å². The van der Waals surface area contributed by atoms with Gasteiger partial charge in [0.05, 0.1) is 0 Å². The summed E-state index contributed by atoms with van der Waals surface area (Å²) in [6.07, 6.45) is 5.36. The van der Waals surface area contributed by atoms with Crippen molar-refractivity contribution in [1.29, 1.82) is 0 Å². The van der Waals surface area contributed by atoms with Crippen LogP contribution in [0.2, 0.25) is 0 Å². The van der Waals surface area contributed by atoms with Crippen LogP contribution in [0.25, 0.3) is 0 Å². The zero-order chi connectivity index (χ0) is 8.01. The molecule has 1 fully saturated rings. The van der Waals surface area contributed by atoms with Crippen molar-refractivity contribution in [3.8, 4) is 0 Å². The predicted molar refractivity (Wildman–Crippen MR) is 52.6 cm³/mol. The lowest BCUT2D eigenvalue weighted by Gasteiger charge is -2.13. The summed E-state index contributed by atoms with van der Waals surface area (Å²) in [6, 6.07) is 0. The molecule has 1 saturated heterocycles. The monoisotopic (exact) mass is 168 g/mol. The van der Waals surface area contributed by atoms with E-state index in [4.69, 9.17) is 0 Å². The smallest absolute Gasteiger partial charge is 0.00470 e. The first-order chi connectivity index (χ1) is 5.25. The zero-order valence-electron chi connectivity index (χ0n) is 7.67. The largest absolute Gasteiger partial charge is 0.0974 e. The molecule has 0 aromatic rings. The molecule has 1 aliphatic carbocycles. The van der Waals surface area contributed by atoms with Gasteiger partial charge in [-0.25, -0.2) is 0 Å². The summed E-state index contributed by atoms with van der Waals surface area (Å²) in [7, 11) is 0.438. The molecule has 2 aliphatic rings. The highest BCUT2D eigenvalue weighted by molar-refractivity contribution is 7.67. The minimum Gasteiger partial charge on any atom is -0.0974 e.